The first-order valence-corrected chi connectivity index (χ1v) is 7.40. The zero-order chi connectivity index (χ0) is 15.5. The molecule has 3 atom stereocenters. The zero-order valence-corrected chi connectivity index (χ0v) is 12.9. The van der Waals surface area contributed by atoms with Crippen molar-refractivity contribution in [2.24, 2.45) is 5.92 Å². The Morgan fingerprint density at radius 3 is 2.10 bits per heavy atom. The number of nitriles is 1. The summed E-state index contributed by atoms with van der Waals surface area (Å²) in [5, 5.41) is 27.4. The molecule has 0 aliphatic heterocycles. The molecular formula is C15H28N2O3. The number of unbranched alkanes of at least 4 members (excludes halogenated alkanes) is 2. The van der Waals surface area contributed by atoms with Crippen LogP contribution in [0.15, 0.2) is 0 Å². The number of rotatable bonds is 10. The summed E-state index contributed by atoms with van der Waals surface area (Å²) in [7, 11) is 0. The Bertz CT molecular complexity index is 301. The number of carbonyl (C=O) groups excluding carboxylic acids is 1. The highest BCUT2D eigenvalue weighted by atomic mass is 16.3. The summed E-state index contributed by atoms with van der Waals surface area (Å²) in [4.78, 5) is 13.5. The van der Waals surface area contributed by atoms with E-state index in [0.29, 0.717) is 6.42 Å². The number of aliphatic hydroxyl groups excluding tert-OH is 2. The van der Waals surface area contributed by atoms with Crippen LogP contribution < -0.4 is 0 Å². The summed E-state index contributed by atoms with van der Waals surface area (Å²) in [6, 6.07) is 2.20. The van der Waals surface area contributed by atoms with E-state index in [1.807, 2.05) is 6.92 Å². The maximum Gasteiger partial charge on any atom is 0.222 e. The molecule has 0 aliphatic rings. The van der Waals surface area contributed by atoms with Crippen molar-refractivity contribution < 1.29 is 15.0 Å². The lowest BCUT2D eigenvalue weighted by atomic mass is 10.0. The van der Waals surface area contributed by atoms with Crippen LogP contribution in [0.25, 0.3) is 0 Å². The van der Waals surface area contributed by atoms with Gasteiger partial charge in [0.25, 0.3) is 0 Å². The Hall–Kier alpha value is -1.12. The number of amides is 1. The molecule has 20 heavy (non-hydrogen) atoms. The molecule has 5 heteroatoms. The average Bonchev–Trinajstić information content (AvgIpc) is 2.35. The lowest BCUT2D eigenvalue weighted by Crippen LogP contribution is -2.40. The molecule has 0 bridgehead atoms. The highest BCUT2D eigenvalue weighted by Gasteiger charge is 2.16. The molecule has 0 saturated carbocycles. The van der Waals surface area contributed by atoms with E-state index in [0.717, 1.165) is 25.7 Å². The first kappa shape index (κ1) is 18.9. The molecule has 0 radical (unpaired) electrons. The molecule has 116 valence electrons. The molecule has 2 N–H and O–H groups in total. The Morgan fingerprint density at radius 1 is 1.10 bits per heavy atom. The molecular weight excluding hydrogens is 256 g/mol. The van der Waals surface area contributed by atoms with Gasteiger partial charge in [0, 0.05) is 25.4 Å². The van der Waals surface area contributed by atoms with Crippen molar-refractivity contribution in [1.82, 2.24) is 4.90 Å². The molecule has 0 fully saturated rings. The van der Waals surface area contributed by atoms with E-state index in [1.54, 1.807) is 13.8 Å². The zero-order valence-electron chi connectivity index (χ0n) is 12.9. The minimum Gasteiger partial charge on any atom is -0.392 e. The molecule has 0 heterocycles. The van der Waals surface area contributed by atoms with E-state index in [1.165, 1.54) is 4.90 Å². The van der Waals surface area contributed by atoms with Gasteiger partial charge >= 0.3 is 0 Å². The van der Waals surface area contributed by atoms with Crippen molar-refractivity contribution in [2.75, 3.05) is 13.1 Å². The van der Waals surface area contributed by atoms with Crippen LogP contribution in [0, 0.1) is 17.2 Å². The topological polar surface area (TPSA) is 84.6 Å². The Balaban J connectivity index is 3.98. The van der Waals surface area contributed by atoms with Gasteiger partial charge in [-0.3, -0.25) is 4.79 Å². The van der Waals surface area contributed by atoms with E-state index in [-0.39, 0.29) is 24.9 Å². The van der Waals surface area contributed by atoms with Crippen molar-refractivity contribution >= 4 is 5.91 Å². The molecule has 0 aromatic rings. The predicted octanol–water partition coefficient (Wildman–Crippen LogP) is 1.69. The third kappa shape index (κ3) is 9.76. The summed E-state index contributed by atoms with van der Waals surface area (Å²) < 4.78 is 0. The monoisotopic (exact) mass is 284 g/mol. The Kier molecular flexibility index (Phi) is 10.0. The Labute approximate surface area is 122 Å². The van der Waals surface area contributed by atoms with Crippen LogP contribution in [0.2, 0.25) is 0 Å². The second-order valence-corrected chi connectivity index (χ2v) is 5.63. The van der Waals surface area contributed by atoms with E-state index < -0.39 is 12.2 Å². The van der Waals surface area contributed by atoms with Gasteiger partial charge in [0.15, 0.2) is 0 Å². The van der Waals surface area contributed by atoms with Gasteiger partial charge in [-0.25, -0.2) is 0 Å². The number of nitrogens with zero attached hydrogens (tertiary/aromatic N) is 2. The van der Waals surface area contributed by atoms with Gasteiger partial charge < -0.3 is 15.1 Å². The summed E-state index contributed by atoms with van der Waals surface area (Å²) in [6.07, 6.45) is 2.79. The van der Waals surface area contributed by atoms with E-state index >= 15 is 0 Å². The fraction of sp³-hybridized carbons (Fsp3) is 0.867. The largest absolute Gasteiger partial charge is 0.392 e. The van der Waals surface area contributed by atoms with Crippen LogP contribution in [0.1, 0.15) is 52.9 Å². The quantitative estimate of drug-likeness (QED) is 0.598. The highest BCUT2D eigenvalue weighted by Crippen LogP contribution is 2.11. The van der Waals surface area contributed by atoms with E-state index in [2.05, 4.69) is 6.07 Å². The summed E-state index contributed by atoms with van der Waals surface area (Å²) in [5.74, 6) is 0.0489. The Morgan fingerprint density at radius 2 is 1.65 bits per heavy atom. The summed E-state index contributed by atoms with van der Waals surface area (Å²) in [5.41, 5.74) is 0. The van der Waals surface area contributed by atoms with Crippen LogP contribution >= 0.6 is 0 Å². The number of aliphatic hydroxyl groups is 2. The van der Waals surface area contributed by atoms with Gasteiger partial charge in [-0.15, -0.1) is 0 Å². The van der Waals surface area contributed by atoms with Gasteiger partial charge in [0.1, 0.15) is 0 Å². The standard InChI is InChI=1S/C15H28N2O3/c1-12(9-16)7-5-4-6-8-15(20)17(10-13(2)18)11-14(3)19/h12-14,18-19H,4-8,10-11H2,1-3H3. The lowest BCUT2D eigenvalue weighted by Gasteiger charge is -2.25. The van der Waals surface area contributed by atoms with E-state index in [9.17, 15) is 15.0 Å². The SMILES string of the molecule is CC(O)CN(CC(C)O)C(=O)CCCCCC(C)C#N. The second kappa shape index (κ2) is 10.6. The first-order chi connectivity index (χ1) is 9.36. The van der Waals surface area contributed by atoms with Crippen molar-refractivity contribution in [1.29, 1.82) is 5.26 Å². The summed E-state index contributed by atoms with van der Waals surface area (Å²) >= 11 is 0. The van der Waals surface area contributed by atoms with Crippen LogP contribution in [-0.4, -0.2) is 46.3 Å². The minimum absolute atomic E-state index is 0.0277. The fourth-order valence-corrected chi connectivity index (χ4v) is 2.04. The van der Waals surface area contributed by atoms with Crippen molar-refractivity contribution in [2.45, 2.75) is 65.1 Å². The van der Waals surface area contributed by atoms with Crippen LogP contribution in [-0.2, 0) is 4.79 Å². The third-order valence-corrected chi connectivity index (χ3v) is 3.07. The highest BCUT2D eigenvalue weighted by molar-refractivity contribution is 5.76. The van der Waals surface area contributed by atoms with Gasteiger partial charge in [-0.05, 0) is 33.6 Å². The number of carbonyl (C=O) groups is 1. The first-order valence-electron chi connectivity index (χ1n) is 7.40. The van der Waals surface area contributed by atoms with E-state index in [4.69, 9.17) is 5.26 Å². The smallest absolute Gasteiger partial charge is 0.222 e. The van der Waals surface area contributed by atoms with Gasteiger partial charge in [0.05, 0.1) is 18.3 Å². The molecule has 0 spiro atoms. The third-order valence-electron chi connectivity index (χ3n) is 3.07. The van der Waals surface area contributed by atoms with Crippen LogP contribution in [0.4, 0.5) is 0 Å². The number of hydrogen-bond donors (Lipinski definition) is 2. The molecule has 0 aliphatic carbocycles. The lowest BCUT2D eigenvalue weighted by molar-refractivity contribution is -0.134. The molecule has 1 amide bonds. The number of hydrogen-bond acceptors (Lipinski definition) is 4. The van der Waals surface area contributed by atoms with Gasteiger partial charge in [-0.1, -0.05) is 12.8 Å². The summed E-state index contributed by atoms with van der Waals surface area (Å²) in [6.45, 7) is 5.68. The van der Waals surface area contributed by atoms with Crippen molar-refractivity contribution in [3.05, 3.63) is 0 Å². The van der Waals surface area contributed by atoms with Crippen molar-refractivity contribution in [3.8, 4) is 6.07 Å². The maximum absolute atomic E-state index is 12.0. The molecule has 5 nitrogen and oxygen atoms in total. The second-order valence-electron chi connectivity index (χ2n) is 5.63. The maximum atomic E-state index is 12.0. The molecule has 0 saturated heterocycles. The molecule has 0 rings (SSSR count). The molecule has 0 aromatic carbocycles. The van der Waals surface area contributed by atoms with Gasteiger partial charge in [-0.2, -0.15) is 5.26 Å². The van der Waals surface area contributed by atoms with Crippen LogP contribution in [0.3, 0.4) is 0 Å². The average molecular weight is 284 g/mol. The molecule has 0 aromatic heterocycles. The normalized spacial score (nSPS) is 15.2. The van der Waals surface area contributed by atoms with Crippen molar-refractivity contribution in [3.63, 3.8) is 0 Å². The fourth-order valence-electron chi connectivity index (χ4n) is 2.04. The van der Waals surface area contributed by atoms with Crippen LogP contribution in [0.5, 0.6) is 0 Å². The minimum atomic E-state index is -0.589. The molecule has 3 unspecified atom stereocenters. The van der Waals surface area contributed by atoms with Gasteiger partial charge in [0.2, 0.25) is 5.91 Å². The predicted molar refractivity (Wildman–Crippen MR) is 77.8 cm³/mol.